The summed E-state index contributed by atoms with van der Waals surface area (Å²) in [5.74, 6) is -1.59. The number of carbonyl (C=O) groups excluding carboxylic acids is 4. The zero-order chi connectivity index (χ0) is 37.7. The van der Waals surface area contributed by atoms with Crippen LogP contribution in [0.4, 0.5) is 0 Å². The Labute approximate surface area is 300 Å². The normalized spacial score (nSPS) is 19.9. The smallest absolute Gasteiger partial charge is 0.329 e. The van der Waals surface area contributed by atoms with Gasteiger partial charge in [-0.05, 0) is 53.4 Å². The predicted molar refractivity (Wildman–Crippen MR) is 191 cm³/mol. The van der Waals surface area contributed by atoms with E-state index in [1.165, 1.54) is 0 Å². The number of nitrogens with one attached hydrogen (secondary N) is 2. The van der Waals surface area contributed by atoms with Gasteiger partial charge in [0.05, 0.1) is 65.9 Å². The Balaban J connectivity index is 2.70. The van der Waals surface area contributed by atoms with Crippen molar-refractivity contribution in [2.75, 3.05) is 92.1 Å². The van der Waals surface area contributed by atoms with Crippen molar-refractivity contribution < 1.29 is 47.6 Å². The van der Waals surface area contributed by atoms with Gasteiger partial charge in [-0.1, -0.05) is 40.5 Å². The number of amides is 2. The van der Waals surface area contributed by atoms with Crippen molar-refractivity contribution in [3.63, 3.8) is 0 Å². The molecule has 4 unspecified atom stereocenters. The van der Waals surface area contributed by atoms with E-state index in [4.69, 9.17) is 28.4 Å². The maximum atomic E-state index is 13.1. The number of rotatable bonds is 12. The summed E-state index contributed by atoms with van der Waals surface area (Å²) in [7, 11) is 0. The van der Waals surface area contributed by atoms with Crippen molar-refractivity contribution in [3.05, 3.63) is 0 Å². The van der Waals surface area contributed by atoms with Gasteiger partial charge in [0.15, 0.2) is 0 Å². The Morgan fingerprint density at radius 3 is 1.08 bits per heavy atom. The largest absolute Gasteiger partial charge is 0.458 e. The van der Waals surface area contributed by atoms with Crippen molar-refractivity contribution in [2.45, 2.75) is 105 Å². The summed E-state index contributed by atoms with van der Waals surface area (Å²) >= 11 is 0. The molecule has 2 amide bonds. The van der Waals surface area contributed by atoms with Gasteiger partial charge >= 0.3 is 11.9 Å². The molecule has 0 aromatic heterocycles. The molecule has 0 aromatic carbocycles. The minimum atomic E-state index is -0.738. The Morgan fingerprint density at radius 2 is 0.840 bits per heavy atom. The fourth-order valence-electron chi connectivity index (χ4n) is 4.87. The first-order valence-corrected chi connectivity index (χ1v) is 18.3. The second kappa shape index (κ2) is 24.0. The maximum Gasteiger partial charge on any atom is 0.329 e. The summed E-state index contributed by atoms with van der Waals surface area (Å²) in [6.45, 7) is 23.7. The summed E-state index contributed by atoms with van der Waals surface area (Å²) in [6.07, 6.45) is 1.42. The third-order valence-corrected chi connectivity index (χ3v) is 8.07. The van der Waals surface area contributed by atoms with E-state index < -0.39 is 35.2 Å². The van der Waals surface area contributed by atoms with E-state index in [1.54, 1.807) is 41.5 Å². The monoisotopic (exact) mass is 716 g/mol. The fourth-order valence-corrected chi connectivity index (χ4v) is 4.87. The quantitative estimate of drug-likeness (QED) is 0.285. The molecule has 1 fully saturated rings. The van der Waals surface area contributed by atoms with Crippen LogP contribution in [0.25, 0.3) is 0 Å². The molecular formula is C36H68N4O10. The highest BCUT2D eigenvalue weighted by Crippen LogP contribution is 2.16. The number of esters is 2. The lowest BCUT2D eigenvalue weighted by molar-refractivity contribution is -0.161. The molecule has 1 aliphatic rings. The Bertz CT molecular complexity index is 902. The molecular weight excluding hydrogens is 648 g/mol. The van der Waals surface area contributed by atoms with Gasteiger partial charge in [0, 0.05) is 26.2 Å². The summed E-state index contributed by atoms with van der Waals surface area (Å²) in [6, 6.07) is -1.48. The SMILES string of the molecule is CCC(C)C(NC(=O)CN1CCOCCOCCN(CC(=O)NC(C(=O)OC(C)(C)C)C(C)CC)CCOCCOCC1)C(=O)OC(C)(C)C. The summed E-state index contributed by atoms with van der Waals surface area (Å²) in [5, 5.41) is 5.78. The molecule has 0 aliphatic carbocycles. The molecule has 50 heavy (non-hydrogen) atoms. The van der Waals surface area contributed by atoms with E-state index in [9.17, 15) is 19.2 Å². The second-order valence-electron chi connectivity index (χ2n) is 14.9. The van der Waals surface area contributed by atoms with Crippen LogP contribution in [0.15, 0.2) is 0 Å². The first-order chi connectivity index (χ1) is 23.5. The minimum Gasteiger partial charge on any atom is -0.458 e. The number of nitrogens with zero attached hydrogens (tertiary/aromatic N) is 2. The van der Waals surface area contributed by atoms with E-state index in [0.29, 0.717) is 91.9 Å². The molecule has 4 atom stereocenters. The lowest BCUT2D eigenvalue weighted by Gasteiger charge is -2.29. The third kappa shape index (κ3) is 21.1. The van der Waals surface area contributed by atoms with Crippen molar-refractivity contribution in [3.8, 4) is 0 Å². The van der Waals surface area contributed by atoms with Crippen molar-refractivity contribution in [2.24, 2.45) is 11.8 Å². The molecule has 14 nitrogen and oxygen atoms in total. The van der Waals surface area contributed by atoms with Gasteiger partial charge in [-0.2, -0.15) is 0 Å². The average Bonchev–Trinajstić information content (AvgIpc) is 3.01. The fraction of sp³-hybridized carbons (Fsp3) is 0.889. The van der Waals surface area contributed by atoms with Crippen molar-refractivity contribution in [1.29, 1.82) is 0 Å². The Morgan fingerprint density at radius 1 is 0.560 bits per heavy atom. The van der Waals surface area contributed by atoms with Crippen LogP contribution in [0.5, 0.6) is 0 Å². The van der Waals surface area contributed by atoms with Gasteiger partial charge in [-0.15, -0.1) is 0 Å². The average molecular weight is 717 g/mol. The van der Waals surface area contributed by atoms with Crippen LogP contribution in [-0.2, 0) is 47.6 Å². The van der Waals surface area contributed by atoms with Gasteiger partial charge in [0.1, 0.15) is 23.3 Å². The van der Waals surface area contributed by atoms with Gasteiger partial charge < -0.3 is 39.1 Å². The topological polar surface area (TPSA) is 154 Å². The lowest BCUT2D eigenvalue weighted by atomic mass is 9.99. The number of ether oxygens (including phenoxy) is 6. The molecule has 1 heterocycles. The van der Waals surface area contributed by atoms with E-state index in [-0.39, 0.29) is 36.7 Å². The second-order valence-corrected chi connectivity index (χ2v) is 14.9. The van der Waals surface area contributed by atoms with Gasteiger partial charge in [-0.25, -0.2) is 9.59 Å². The number of hydrogen-bond donors (Lipinski definition) is 2. The lowest BCUT2D eigenvalue weighted by Crippen LogP contribution is -2.51. The maximum absolute atomic E-state index is 13.1. The Kier molecular flexibility index (Phi) is 21.9. The number of hydrogen-bond acceptors (Lipinski definition) is 12. The van der Waals surface area contributed by atoms with Crippen LogP contribution in [-0.4, -0.2) is 149 Å². The highest BCUT2D eigenvalue weighted by atomic mass is 16.6. The minimum absolute atomic E-state index is 0.0781. The van der Waals surface area contributed by atoms with Crippen LogP contribution >= 0.6 is 0 Å². The molecule has 1 aliphatic heterocycles. The zero-order valence-corrected chi connectivity index (χ0v) is 32.6. The molecule has 0 aromatic rings. The predicted octanol–water partition coefficient (Wildman–Crippen LogP) is 2.42. The van der Waals surface area contributed by atoms with Gasteiger partial charge in [0.2, 0.25) is 11.8 Å². The third-order valence-electron chi connectivity index (χ3n) is 8.07. The van der Waals surface area contributed by atoms with E-state index >= 15 is 0 Å². The van der Waals surface area contributed by atoms with Crippen LogP contribution < -0.4 is 10.6 Å². The first-order valence-electron chi connectivity index (χ1n) is 18.3. The summed E-state index contributed by atoms with van der Waals surface area (Å²) < 4.78 is 34.3. The number of carbonyl (C=O) groups is 4. The van der Waals surface area contributed by atoms with Crippen molar-refractivity contribution >= 4 is 23.8 Å². The zero-order valence-electron chi connectivity index (χ0n) is 32.6. The molecule has 1 saturated heterocycles. The van der Waals surface area contributed by atoms with E-state index in [1.807, 2.05) is 37.5 Å². The highest BCUT2D eigenvalue weighted by Gasteiger charge is 2.32. The van der Waals surface area contributed by atoms with Gasteiger partial charge in [0.25, 0.3) is 0 Å². The van der Waals surface area contributed by atoms with Gasteiger partial charge in [-0.3, -0.25) is 19.4 Å². The van der Waals surface area contributed by atoms with Crippen LogP contribution in [0.3, 0.4) is 0 Å². The Hall–Kier alpha value is -2.36. The van der Waals surface area contributed by atoms with Crippen LogP contribution in [0.1, 0.15) is 82.1 Å². The van der Waals surface area contributed by atoms with E-state index in [2.05, 4.69) is 10.6 Å². The molecule has 1 rings (SSSR count). The first kappa shape index (κ1) is 45.7. The summed E-state index contributed by atoms with van der Waals surface area (Å²) in [4.78, 5) is 55.7. The molecule has 14 heteroatoms. The molecule has 2 N–H and O–H groups in total. The molecule has 0 bridgehead atoms. The summed E-state index contributed by atoms with van der Waals surface area (Å²) in [5.41, 5.74) is -1.31. The molecule has 292 valence electrons. The van der Waals surface area contributed by atoms with Crippen LogP contribution in [0, 0.1) is 11.8 Å². The van der Waals surface area contributed by atoms with Crippen LogP contribution in [0.2, 0.25) is 0 Å². The standard InChI is InChI=1S/C36H68N4O10/c1-11-27(3)31(33(43)49-35(5,6)7)37-29(41)25-39-13-17-45-21-23-47-19-15-40(16-20-48-24-22-46-18-14-39)26-30(42)38-32(28(4)12-2)34(44)50-36(8,9)10/h27-28,31-32H,11-26H2,1-10H3,(H,37,41)(H,38,42). The van der Waals surface area contributed by atoms with E-state index in [0.717, 1.165) is 0 Å². The molecule has 0 radical (unpaired) electrons. The molecule has 0 saturated carbocycles. The highest BCUT2D eigenvalue weighted by molar-refractivity contribution is 5.86. The van der Waals surface area contributed by atoms with Crippen molar-refractivity contribution in [1.82, 2.24) is 20.4 Å². The molecule has 0 spiro atoms.